The van der Waals surface area contributed by atoms with Gasteiger partial charge in [-0.1, -0.05) is 51.9 Å². The zero-order valence-electron chi connectivity index (χ0n) is 11.4. The average Bonchev–Trinajstić information content (AvgIpc) is 2.67. The minimum Gasteiger partial charge on any atom is -0.299 e. The van der Waals surface area contributed by atoms with E-state index in [0.717, 1.165) is 5.92 Å². The summed E-state index contributed by atoms with van der Waals surface area (Å²) >= 11 is 0. The van der Waals surface area contributed by atoms with Crippen LogP contribution >= 0.6 is 0 Å². The van der Waals surface area contributed by atoms with Gasteiger partial charge in [-0.3, -0.25) is 4.79 Å². The lowest BCUT2D eigenvalue weighted by Crippen LogP contribution is -2.28. The summed E-state index contributed by atoms with van der Waals surface area (Å²) in [6.45, 7) is 2.28. The van der Waals surface area contributed by atoms with E-state index in [4.69, 9.17) is 0 Å². The highest BCUT2D eigenvalue weighted by molar-refractivity contribution is 5.83. The molecule has 0 aromatic rings. The molecule has 2 atom stereocenters. The van der Waals surface area contributed by atoms with E-state index in [1.165, 1.54) is 70.6 Å². The number of ketones is 1. The summed E-state index contributed by atoms with van der Waals surface area (Å²) in [5.41, 5.74) is 0. The Hall–Kier alpha value is -0.330. The van der Waals surface area contributed by atoms with Gasteiger partial charge in [-0.25, -0.2) is 0 Å². The lowest BCUT2D eigenvalue weighted by Gasteiger charge is -2.29. The summed E-state index contributed by atoms with van der Waals surface area (Å²) in [5.74, 6) is 2.34. The fourth-order valence-corrected chi connectivity index (χ4v) is 3.82. The smallest absolute Gasteiger partial charge is 0.139 e. The van der Waals surface area contributed by atoms with Crippen molar-refractivity contribution in [1.29, 1.82) is 0 Å². The second kappa shape index (κ2) is 6.56. The molecule has 0 N–H and O–H groups in total. The van der Waals surface area contributed by atoms with E-state index < -0.39 is 0 Å². The Morgan fingerprint density at radius 2 is 1.53 bits per heavy atom. The van der Waals surface area contributed by atoms with E-state index in [0.29, 0.717) is 17.6 Å². The van der Waals surface area contributed by atoms with Gasteiger partial charge in [-0.05, 0) is 31.6 Å². The average molecular weight is 236 g/mol. The van der Waals surface area contributed by atoms with Crippen molar-refractivity contribution in [2.45, 2.75) is 77.6 Å². The molecule has 0 spiro atoms. The molecular formula is C16H28O. The number of hydrogen-bond donors (Lipinski definition) is 0. The van der Waals surface area contributed by atoms with Crippen LogP contribution in [-0.4, -0.2) is 5.78 Å². The first kappa shape index (κ1) is 13.1. The summed E-state index contributed by atoms with van der Waals surface area (Å²) < 4.78 is 0. The minimum absolute atomic E-state index is 0.428. The normalized spacial score (nSPS) is 32.1. The first-order valence-electron chi connectivity index (χ1n) is 7.85. The predicted octanol–water partition coefficient (Wildman–Crippen LogP) is 4.74. The quantitative estimate of drug-likeness (QED) is 0.647. The van der Waals surface area contributed by atoms with Gasteiger partial charge in [0.25, 0.3) is 0 Å². The molecule has 0 radical (unpaired) electrons. The van der Waals surface area contributed by atoms with E-state index in [1.807, 2.05) is 0 Å². The van der Waals surface area contributed by atoms with Gasteiger partial charge in [0.15, 0.2) is 0 Å². The Balaban J connectivity index is 1.89. The van der Waals surface area contributed by atoms with Crippen molar-refractivity contribution in [3.63, 3.8) is 0 Å². The molecule has 0 aromatic heterocycles. The van der Waals surface area contributed by atoms with Crippen LogP contribution in [0.3, 0.4) is 0 Å². The molecule has 2 rings (SSSR count). The highest BCUT2D eigenvalue weighted by Gasteiger charge is 2.31. The third-order valence-corrected chi connectivity index (χ3v) is 5.02. The Morgan fingerprint density at radius 1 is 0.882 bits per heavy atom. The molecule has 0 amide bonds. The molecule has 2 saturated carbocycles. The van der Waals surface area contributed by atoms with Crippen LogP contribution < -0.4 is 0 Å². The second-order valence-electron chi connectivity index (χ2n) is 6.23. The Labute approximate surface area is 106 Å². The SMILES string of the molecule is CCC1CCCC(C(=O)C2CCCCCC2)C1. The Kier molecular flexibility index (Phi) is 5.06. The first-order valence-corrected chi connectivity index (χ1v) is 7.85. The molecule has 98 valence electrons. The third-order valence-electron chi connectivity index (χ3n) is 5.02. The number of rotatable bonds is 3. The number of carbonyl (C=O) groups is 1. The Bertz CT molecular complexity index is 238. The second-order valence-corrected chi connectivity index (χ2v) is 6.23. The van der Waals surface area contributed by atoms with Crippen molar-refractivity contribution >= 4 is 5.78 Å². The molecule has 1 heteroatoms. The monoisotopic (exact) mass is 236 g/mol. The Morgan fingerprint density at radius 3 is 2.18 bits per heavy atom. The van der Waals surface area contributed by atoms with Crippen molar-refractivity contribution in [2.24, 2.45) is 17.8 Å². The largest absolute Gasteiger partial charge is 0.299 e. The van der Waals surface area contributed by atoms with Gasteiger partial charge < -0.3 is 0 Å². The molecule has 1 nitrogen and oxygen atoms in total. The van der Waals surface area contributed by atoms with E-state index in [-0.39, 0.29) is 0 Å². The molecule has 2 unspecified atom stereocenters. The van der Waals surface area contributed by atoms with Crippen LogP contribution in [0.15, 0.2) is 0 Å². The van der Waals surface area contributed by atoms with Gasteiger partial charge in [0.1, 0.15) is 5.78 Å². The fraction of sp³-hybridized carbons (Fsp3) is 0.938. The fourth-order valence-electron chi connectivity index (χ4n) is 3.82. The van der Waals surface area contributed by atoms with E-state index in [1.54, 1.807) is 0 Å². The van der Waals surface area contributed by atoms with Gasteiger partial charge in [-0.15, -0.1) is 0 Å². The van der Waals surface area contributed by atoms with Crippen molar-refractivity contribution < 1.29 is 4.79 Å². The highest BCUT2D eigenvalue weighted by Crippen LogP contribution is 2.35. The number of hydrogen-bond acceptors (Lipinski definition) is 1. The zero-order valence-corrected chi connectivity index (χ0v) is 11.4. The molecule has 2 aliphatic carbocycles. The molecule has 0 aromatic carbocycles. The summed E-state index contributed by atoms with van der Waals surface area (Å²) in [7, 11) is 0. The number of carbonyl (C=O) groups excluding carboxylic acids is 1. The highest BCUT2D eigenvalue weighted by atomic mass is 16.1. The van der Waals surface area contributed by atoms with Crippen molar-refractivity contribution in [2.75, 3.05) is 0 Å². The molecule has 0 bridgehead atoms. The lowest BCUT2D eigenvalue weighted by atomic mass is 9.74. The number of Topliss-reactive ketones (excluding diaryl/α,β-unsaturated/α-hetero) is 1. The maximum Gasteiger partial charge on any atom is 0.139 e. The lowest BCUT2D eigenvalue weighted by molar-refractivity contribution is -0.128. The van der Waals surface area contributed by atoms with Crippen molar-refractivity contribution in [1.82, 2.24) is 0 Å². The van der Waals surface area contributed by atoms with Crippen molar-refractivity contribution in [3.8, 4) is 0 Å². The molecule has 2 aliphatic rings. The zero-order chi connectivity index (χ0) is 12.1. The summed E-state index contributed by atoms with van der Waals surface area (Å²) in [6.07, 6.45) is 14.0. The van der Waals surface area contributed by atoms with Crippen LogP contribution in [0.4, 0.5) is 0 Å². The van der Waals surface area contributed by atoms with Gasteiger partial charge in [0, 0.05) is 11.8 Å². The van der Waals surface area contributed by atoms with E-state index >= 15 is 0 Å². The van der Waals surface area contributed by atoms with Crippen LogP contribution in [0, 0.1) is 17.8 Å². The predicted molar refractivity (Wildman–Crippen MR) is 71.9 cm³/mol. The van der Waals surface area contributed by atoms with Gasteiger partial charge in [0.2, 0.25) is 0 Å². The van der Waals surface area contributed by atoms with Crippen LogP contribution in [0.2, 0.25) is 0 Å². The van der Waals surface area contributed by atoms with Crippen LogP contribution in [0.1, 0.15) is 77.6 Å². The van der Waals surface area contributed by atoms with Crippen LogP contribution in [0.5, 0.6) is 0 Å². The minimum atomic E-state index is 0.428. The van der Waals surface area contributed by atoms with E-state index in [2.05, 4.69) is 6.92 Å². The summed E-state index contributed by atoms with van der Waals surface area (Å²) in [5, 5.41) is 0. The maximum atomic E-state index is 12.6. The summed E-state index contributed by atoms with van der Waals surface area (Å²) in [4.78, 5) is 12.6. The molecule has 0 saturated heterocycles. The van der Waals surface area contributed by atoms with Gasteiger partial charge in [-0.2, -0.15) is 0 Å². The molecular weight excluding hydrogens is 208 g/mol. The van der Waals surface area contributed by atoms with E-state index in [9.17, 15) is 4.79 Å². The van der Waals surface area contributed by atoms with Gasteiger partial charge in [0.05, 0.1) is 0 Å². The summed E-state index contributed by atoms with van der Waals surface area (Å²) in [6, 6.07) is 0. The molecule has 0 aliphatic heterocycles. The topological polar surface area (TPSA) is 17.1 Å². The van der Waals surface area contributed by atoms with Crippen LogP contribution in [0.25, 0.3) is 0 Å². The first-order chi connectivity index (χ1) is 8.31. The maximum absolute atomic E-state index is 12.6. The molecule has 17 heavy (non-hydrogen) atoms. The van der Waals surface area contributed by atoms with Crippen LogP contribution in [-0.2, 0) is 4.79 Å². The van der Waals surface area contributed by atoms with Gasteiger partial charge >= 0.3 is 0 Å². The molecule has 0 heterocycles. The third kappa shape index (κ3) is 3.56. The standard InChI is InChI=1S/C16H28O/c1-2-13-8-7-11-15(12-13)16(17)14-9-5-3-4-6-10-14/h13-15H,2-12H2,1H3. The molecule has 2 fully saturated rings. The van der Waals surface area contributed by atoms with Crippen molar-refractivity contribution in [3.05, 3.63) is 0 Å².